The molecule has 0 aliphatic heterocycles. The lowest BCUT2D eigenvalue weighted by molar-refractivity contribution is 0.102. The van der Waals surface area contributed by atoms with Crippen LogP contribution in [0.15, 0.2) is 28.8 Å². The molecule has 7 nitrogen and oxygen atoms in total. The van der Waals surface area contributed by atoms with Crippen molar-refractivity contribution in [3.63, 3.8) is 0 Å². The number of aromatic nitrogens is 3. The van der Waals surface area contributed by atoms with E-state index in [0.29, 0.717) is 27.6 Å². The molecule has 0 saturated heterocycles. The number of carbonyl (C=O) groups is 1. The van der Waals surface area contributed by atoms with Crippen molar-refractivity contribution in [3.05, 3.63) is 41.2 Å². The Balaban J connectivity index is 1.83. The second-order valence-electron chi connectivity index (χ2n) is 5.83. The van der Waals surface area contributed by atoms with Crippen LogP contribution < -0.4 is 10.2 Å². The molecule has 2 heterocycles. The molecule has 3 rings (SSSR count). The van der Waals surface area contributed by atoms with Crippen molar-refractivity contribution < 1.29 is 9.32 Å². The van der Waals surface area contributed by atoms with E-state index in [4.69, 9.17) is 4.52 Å². The Labute approximate surface area is 156 Å². The summed E-state index contributed by atoms with van der Waals surface area (Å²) in [7, 11) is 0. The number of aryl methyl sites for hydroxylation is 2. The molecule has 1 aromatic carbocycles. The zero-order valence-electron chi connectivity index (χ0n) is 15.2. The number of carbonyl (C=O) groups excluding carboxylic acids is 1. The summed E-state index contributed by atoms with van der Waals surface area (Å²) >= 11 is 1.18. The van der Waals surface area contributed by atoms with Gasteiger partial charge in [0.15, 0.2) is 5.76 Å². The minimum Gasteiger partial charge on any atom is -0.372 e. The average Bonchev–Trinajstić information content (AvgIpc) is 3.22. The van der Waals surface area contributed by atoms with Crippen molar-refractivity contribution in [3.8, 4) is 10.6 Å². The zero-order valence-corrected chi connectivity index (χ0v) is 16.1. The van der Waals surface area contributed by atoms with E-state index < -0.39 is 0 Å². The number of nitrogens with one attached hydrogen (secondary N) is 1. The van der Waals surface area contributed by atoms with Gasteiger partial charge in [-0.3, -0.25) is 4.79 Å². The quantitative estimate of drug-likeness (QED) is 0.707. The summed E-state index contributed by atoms with van der Waals surface area (Å²) in [6.45, 7) is 9.68. The van der Waals surface area contributed by atoms with E-state index in [9.17, 15) is 4.79 Å². The molecule has 1 amide bonds. The first-order valence-electron chi connectivity index (χ1n) is 8.47. The van der Waals surface area contributed by atoms with Crippen LogP contribution in [0.25, 0.3) is 10.6 Å². The molecule has 8 heteroatoms. The van der Waals surface area contributed by atoms with Crippen LogP contribution >= 0.6 is 11.5 Å². The van der Waals surface area contributed by atoms with Crippen molar-refractivity contribution in [2.24, 2.45) is 0 Å². The third-order valence-electron chi connectivity index (χ3n) is 4.20. The van der Waals surface area contributed by atoms with E-state index in [1.54, 1.807) is 6.92 Å². The first-order chi connectivity index (χ1) is 12.5. The fraction of sp³-hybridized carbons (Fsp3) is 0.333. The topological polar surface area (TPSA) is 84.2 Å². The smallest absolute Gasteiger partial charge is 0.261 e. The van der Waals surface area contributed by atoms with Crippen molar-refractivity contribution in [2.75, 3.05) is 23.3 Å². The number of amides is 1. The van der Waals surface area contributed by atoms with Crippen molar-refractivity contribution in [1.29, 1.82) is 0 Å². The highest BCUT2D eigenvalue weighted by Gasteiger charge is 2.25. The lowest BCUT2D eigenvalue weighted by atomic mass is 10.1. The molecule has 0 radical (unpaired) electrons. The van der Waals surface area contributed by atoms with E-state index in [1.807, 2.05) is 31.2 Å². The molecule has 0 aliphatic rings. The van der Waals surface area contributed by atoms with E-state index in [1.165, 1.54) is 11.5 Å². The second kappa shape index (κ2) is 7.65. The molecule has 0 saturated carbocycles. The maximum Gasteiger partial charge on any atom is 0.261 e. The highest BCUT2D eigenvalue weighted by atomic mass is 32.1. The van der Waals surface area contributed by atoms with Crippen LogP contribution in [-0.4, -0.2) is 33.7 Å². The normalized spacial score (nSPS) is 10.8. The molecule has 0 spiro atoms. The lowest BCUT2D eigenvalue weighted by Crippen LogP contribution is -2.21. The Morgan fingerprint density at radius 1 is 1.15 bits per heavy atom. The lowest BCUT2D eigenvalue weighted by Gasteiger charge is -2.21. The molecule has 0 unspecified atom stereocenters. The van der Waals surface area contributed by atoms with Crippen molar-refractivity contribution in [2.45, 2.75) is 27.7 Å². The number of nitrogens with zero attached hydrogens (tertiary/aromatic N) is 4. The molecule has 0 atom stereocenters. The summed E-state index contributed by atoms with van der Waals surface area (Å²) in [5, 5.41) is 10.8. The third kappa shape index (κ3) is 3.45. The first-order valence-corrected chi connectivity index (χ1v) is 9.24. The summed E-state index contributed by atoms with van der Waals surface area (Å²) in [4.78, 5) is 15.8. The number of hydrogen-bond donors (Lipinski definition) is 1. The summed E-state index contributed by atoms with van der Waals surface area (Å²) in [6, 6.07) is 7.80. The van der Waals surface area contributed by atoms with E-state index in [0.717, 1.165) is 24.5 Å². The number of rotatable bonds is 6. The molecule has 0 fully saturated rings. The fourth-order valence-corrected chi connectivity index (χ4v) is 3.41. The highest BCUT2D eigenvalue weighted by molar-refractivity contribution is 7.09. The van der Waals surface area contributed by atoms with Gasteiger partial charge in [-0.2, -0.15) is 0 Å². The van der Waals surface area contributed by atoms with Gasteiger partial charge in [0.25, 0.3) is 5.91 Å². The predicted molar refractivity (Wildman–Crippen MR) is 103 cm³/mol. The van der Waals surface area contributed by atoms with Crippen LogP contribution in [0.2, 0.25) is 0 Å². The van der Waals surface area contributed by atoms with Gasteiger partial charge in [-0.25, -0.2) is 0 Å². The van der Waals surface area contributed by atoms with Gasteiger partial charge < -0.3 is 14.7 Å². The molecule has 0 bridgehead atoms. The molecule has 136 valence electrons. The van der Waals surface area contributed by atoms with Crippen LogP contribution in [0.4, 0.5) is 11.4 Å². The average molecular weight is 371 g/mol. The molecular weight excluding hydrogens is 350 g/mol. The Morgan fingerprint density at radius 3 is 2.42 bits per heavy atom. The standard InChI is InChI=1S/C18H21N5O2S/c1-5-23(6-2)14-9-7-13(8-10-14)19-18(24)15-11(3)21-25-16(15)17-12(4)20-22-26-17/h7-10H,5-6H2,1-4H3,(H,19,24). The summed E-state index contributed by atoms with van der Waals surface area (Å²) in [6.07, 6.45) is 0. The van der Waals surface area contributed by atoms with Gasteiger partial charge in [-0.15, -0.1) is 5.10 Å². The first kappa shape index (κ1) is 18.1. The maximum atomic E-state index is 12.8. The number of anilines is 2. The monoisotopic (exact) mass is 371 g/mol. The molecule has 1 N–H and O–H groups in total. The van der Waals surface area contributed by atoms with Gasteiger partial charge in [0.05, 0.1) is 11.4 Å². The third-order valence-corrected chi connectivity index (χ3v) is 5.03. The summed E-state index contributed by atoms with van der Waals surface area (Å²) in [5.74, 6) is 0.148. The summed E-state index contributed by atoms with van der Waals surface area (Å²) in [5.41, 5.74) is 3.50. The molecule has 3 aromatic rings. The summed E-state index contributed by atoms with van der Waals surface area (Å²) < 4.78 is 9.27. The Hall–Kier alpha value is -2.74. The predicted octanol–water partition coefficient (Wildman–Crippen LogP) is 3.91. The van der Waals surface area contributed by atoms with Crippen LogP contribution in [0.1, 0.15) is 35.6 Å². The van der Waals surface area contributed by atoms with E-state index >= 15 is 0 Å². The number of benzene rings is 1. The largest absolute Gasteiger partial charge is 0.372 e. The fourth-order valence-electron chi connectivity index (χ4n) is 2.77. The van der Waals surface area contributed by atoms with Gasteiger partial charge >= 0.3 is 0 Å². The van der Waals surface area contributed by atoms with Crippen LogP contribution in [0.3, 0.4) is 0 Å². The Bertz CT molecular complexity index is 897. The molecule has 26 heavy (non-hydrogen) atoms. The molecule has 0 aliphatic carbocycles. The second-order valence-corrected chi connectivity index (χ2v) is 6.59. The van der Waals surface area contributed by atoms with E-state index in [2.05, 4.69) is 38.8 Å². The zero-order chi connectivity index (χ0) is 18.7. The van der Waals surface area contributed by atoms with Gasteiger partial charge in [0.2, 0.25) is 0 Å². The number of hydrogen-bond acceptors (Lipinski definition) is 7. The highest BCUT2D eigenvalue weighted by Crippen LogP contribution is 2.31. The molecule has 2 aromatic heterocycles. The van der Waals surface area contributed by atoms with Gasteiger partial charge in [-0.05, 0) is 63.5 Å². The van der Waals surface area contributed by atoms with Gasteiger partial charge in [-0.1, -0.05) is 9.64 Å². The maximum absolute atomic E-state index is 12.8. The van der Waals surface area contributed by atoms with E-state index in [-0.39, 0.29) is 5.91 Å². The Morgan fingerprint density at radius 2 is 1.85 bits per heavy atom. The van der Waals surface area contributed by atoms with Gasteiger partial charge in [0, 0.05) is 24.5 Å². The minimum absolute atomic E-state index is 0.262. The van der Waals surface area contributed by atoms with Crippen molar-refractivity contribution >= 4 is 28.8 Å². The minimum atomic E-state index is -0.262. The SMILES string of the molecule is CCN(CC)c1ccc(NC(=O)c2c(C)noc2-c2snnc2C)cc1. The van der Waals surface area contributed by atoms with Crippen LogP contribution in [-0.2, 0) is 0 Å². The molecular formula is C18H21N5O2S. The van der Waals surface area contributed by atoms with Crippen molar-refractivity contribution in [1.82, 2.24) is 14.7 Å². The van der Waals surface area contributed by atoms with Gasteiger partial charge in [0.1, 0.15) is 10.4 Å². The van der Waals surface area contributed by atoms with Crippen LogP contribution in [0.5, 0.6) is 0 Å². The Kier molecular flexibility index (Phi) is 5.32. The van der Waals surface area contributed by atoms with Crippen LogP contribution in [0, 0.1) is 13.8 Å².